The molecule has 0 spiro atoms. The lowest BCUT2D eigenvalue weighted by atomic mass is 10.1. The molecule has 3 N–H and O–H groups in total. The molecule has 0 heterocycles. The van der Waals surface area contributed by atoms with Crippen LogP contribution >= 0.6 is 0 Å². The molecule has 0 saturated carbocycles. The molecule has 1 rings (SSSR count). The maximum Gasteiger partial charge on any atom is 0.328 e. The van der Waals surface area contributed by atoms with Crippen LogP contribution in [0.2, 0.25) is 0 Å². The summed E-state index contributed by atoms with van der Waals surface area (Å²) in [5.74, 6) is -1.06. The summed E-state index contributed by atoms with van der Waals surface area (Å²) in [6.07, 6.45) is 2.38. The van der Waals surface area contributed by atoms with Crippen LogP contribution in [0.15, 0.2) is 29.2 Å². The highest BCUT2D eigenvalue weighted by atomic mass is 32.2. The number of sulfonamides is 1. The number of carbonyl (C=O) groups is 1. The maximum absolute atomic E-state index is 11.0. The molecular formula is C10H11NO4S. The fourth-order valence-electron chi connectivity index (χ4n) is 1.17. The maximum atomic E-state index is 11.0. The Balaban J connectivity index is 3.15. The van der Waals surface area contributed by atoms with Crippen molar-refractivity contribution in [2.75, 3.05) is 0 Å². The van der Waals surface area contributed by atoms with Crippen molar-refractivity contribution in [1.29, 1.82) is 0 Å². The molecule has 0 atom stereocenters. The van der Waals surface area contributed by atoms with Gasteiger partial charge in [-0.2, -0.15) is 0 Å². The van der Waals surface area contributed by atoms with E-state index >= 15 is 0 Å². The highest BCUT2D eigenvalue weighted by molar-refractivity contribution is 7.89. The molecule has 1 aromatic rings. The van der Waals surface area contributed by atoms with Gasteiger partial charge < -0.3 is 5.11 Å². The molecule has 0 saturated heterocycles. The molecule has 0 aliphatic heterocycles. The average Bonchev–Trinajstić information content (AvgIpc) is 2.14. The van der Waals surface area contributed by atoms with Crippen LogP contribution in [0.3, 0.4) is 0 Å². The van der Waals surface area contributed by atoms with Crippen molar-refractivity contribution in [3.05, 3.63) is 35.4 Å². The van der Waals surface area contributed by atoms with Crippen LogP contribution in [-0.2, 0) is 14.8 Å². The highest BCUT2D eigenvalue weighted by Crippen LogP contribution is 2.15. The average molecular weight is 241 g/mol. The monoisotopic (exact) mass is 241 g/mol. The van der Waals surface area contributed by atoms with Crippen LogP contribution in [0.4, 0.5) is 0 Å². The minimum atomic E-state index is -3.71. The Morgan fingerprint density at radius 3 is 2.50 bits per heavy atom. The Morgan fingerprint density at radius 2 is 2.06 bits per heavy atom. The van der Waals surface area contributed by atoms with E-state index in [4.69, 9.17) is 10.2 Å². The summed E-state index contributed by atoms with van der Waals surface area (Å²) in [6.45, 7) is 1.68. The van der Waals surface area contributed by atoms with Crippen molar-refractivity contribution in [2.24, 2.45) is 5.14 Å². The third-order valence-electron chi connectivity index (χ3n) is 1.98. The molecule has 1 aromatic carbocycles. The molecule has 0 unspecified atom stereocenters. The number of carboxylic acids is 1. The summed E-state index contributed by atoms with van der Waals surface area (Å²) in [4.78, 5) is 10.3. The van der Waals surface area contributed by atoms with Gasteiger partial charge in [0, 0.05) is 6.08 Å². The Bertz CT molecular complexity index is 546. The van der Waals surface area contributed by atoms with Crippen molar-refractivity contribution in [2.45, 2.75) is 11.8 Å². The SMILES string of the molecule is Cc1cc(S(N)(=O)=O)ccc1/C=C/C(=O)O. The van der Waals surface area contributed by atoms with Gasteiger partial charge in [-0.05, 0) is 36.3 Å². The summed E-state index contributed by atoms with van der Waals surface area (Å²) in [5.41, 5.74) is 1.28. The second kappa shape index (κ2) is 4.46. The Kier molecular flexibility index (Phi) is 3.46. The van der Waals surface area contributed by atoms with E-state index in [1.807, 2.05) is 0 Å². The summed E-state index contributed by atoms with van der Waals surface area (Å²) >= 11 is 0. The summed E-state index contributed by atoms with van der Waals surface area (Å²) < 4.78 is 22.1. The molecular weight excluding hydrogens is 230 g/mol. The Morgan fingerprint density at radius 1 is 1.44 bits per heavy atom. The first-order chi connectivity index (χ1) is 7.30. The summed E-state index contributed by atoms with van der Waals surface area (Å²) in [5, 5.41) is 13.4. The minimum absolute atomic E-state index is 0.0116. The minimum Gasteiger partial charge on any atom is -0.478 e. The van der Waals surface area contributed by atoms with Gasteiger partial charge in [-0.25, -0.2) is 18.4 Å². The van der Waals surface area contributed by atoms with E-state index in [0.29, 0.717) is 11.1 Å². The van der Waals surface area contributed by atoms with Crippen LogP contribution < -0.4 is 5.14 Å². The number of hydrogen-bond donors (Lipinski definition) is 2. The molecule has 0 bridgehead atoms. The predicted octanol–water partition coefficient (Wildman–Crippen LogP) is 0.740. The van der Waals surface area contributed by atoms with Crippen molar-refractivity contribution < 1.29 is 18.3 Å². The van der Waals surface area contributed by atoms with Gasteiger partial charge in [0.15, 0.2) is 0 Å². The number of aliphatic carboxylic acids is 1. The van der Waals surface area contributed by atoms with Gasteiger partial charge in [0.2, 0.25) is 10.0 Å². The van der Waals surface area contributed by atoms with Gasteiger partial charge in [-0.15, -0.1) is 0 Å². The normalized spacial score (nSPS) is 11.9. The number of benzene rings is 1. The van der Waals surface area contributed by atoms with Crippen LogP contribution in [-0.4, -0.2) is 19.5 Å². The third-order valence-corrected chi connectivity index (χ3v) is 2.89. The molecule has 0 aliphatic rings. The number of primary sulfonamides is 1. The zero-order chi connectivity index (χ0) is 12.3. The first-order valence-corrected chi connectivity index (χ1v) is 5.90. The lowest BCUT2D eigenvalue weighted by Crippen LogP contribution is -2.12. The second-order valence-electron chi connectivity index (χ2n) is 3.23. The molecule has 5 nitrogen and oxygen atoms in total. The first kappa shape index (κ1) is 12.4. The third kappa shape index (κ3) is 3.18. The van der Waals surface area contributed by atoms with Gasteiger partial charge in [0.1, 0.15) is 0 Å². The van der Waals surface area contributed by atoms with Gasteiger partial charge in [-0.3, -0.25) is 0 Å². The van der Waals surface area contributed by atoms with E-state index in [0.717, 1.165) is 6.08 Å². The van der Waals surface area contributed by atoms with E-state index in [1.165, 1.54) is 24.3 Å². The van der Waals surface area contributed by atoms with E-state index in [2.05, 4.69) is 0 Å². The zero-order valence-corrected chi connectivity index (χ0v) is 9.36. The highest BCUT2D eigenvalue weighted by Gasteiger charge is 2.08. The van der Waals surface area contributed by atoms with E-state index in [9.17, 15) is 13.2 Å². The van der Waals surface area contributed by atoms with Gasteiger partial charge in [-0.1, -0.05) is 6.07 Å². The Hall–Kier alpha value is -1.66. The molecule has 0 amide bonds. The number of rotatable bonds is 3. The number of carboxylic acid groups (broad SMARTS) is 1. The fourth-order valence-corrected chi connectivity index (χ4v) is 1.77. The molecule has 86 valence electrons. The van der Waals surface area contributed by atoms with Crippen molar-refractivity contribution in [3.63, 3.8) is 0 Å². The van der Waals surface area contributed by atoms with Crippen LogP contribution in [0.1, 0.15) is 11.1 Å². The smallest absolute Gasteiger partial charge is 0.328 e. The molecule has 0 aromatic heterocycles. The van der Waals surface area contributed by atoms with E-state index in [-0.39, 0.29) is 4.90 Å². The van der Waals surface area contributed by atoms with E-state index in [1.54, 1.807) is 6.92 Å². The lowest BCUT2D eigenvalue weighted by Gasteiger charge is -2.03. The van der Waals surface area contributed by atoms with Gasteiger partial charge >= 0.3 is 5.97 Å². The van der Waals surface area contributed by atoms with Crippen molar-refractivity contribution in [3.8, 4) is 0 Å². The van der Waals surface area contributed by atoms with Gasteiger partial charge in [0.25, 0.3) is 0 Å². The number of aryl methyl sites for hydroxylation is 1. The Labute approximate surface area is 93.3 Å². The van der Waals surface area contributed by atoms with Crippen LogP contribution in [0.5, 0.6) is 0 Å². The standard InChI is InChI=1S/C10H11NO4S/c1-7-6-9(16(11,14)15)4-2-8(7)3-5-10(12)13/h2-6H,1H3,(H,12,13)(H2,11,14,15)/b5-3+. The quantitative estimate of drug-likeness (QED) is 0.762. The molecule has 0 radical (unpaired) electrons. The van der Waals surface area contributed by atoms with Crippen molar-refractivity contribution in [1.82, 2.24) is 0 Å². The molecule has 0 fully saturated rings. The van der Waals surface area contributed by atoms with Crippen LogP contribution in [0.25, 0.3) is 6.08 Å². The zero-order valence-electron chi connectivity index (χ0n) is 8.54. The summed E-state index contributed by atoms with van der Waals surface area (Å²) in [7, 11) is -3.71. The second-order valence-corrected chi connectivity index (χ2v) is 4.80. The van der Waals surface area contributed by atoms with Gasteiger partial charge in [0.05, 0.1) is 4.90 Å². The van der Waals surface area contributed by atoms with Crippen molar-refractivity contribution >= 4 is 22.1 Å². The topological polar surface area (TPSA) is 97.5 Å². The fraction of sp³-hybridized carbons (Fsp3) is 0.100. The number of nitrogens with two attached hydrogens (primary N) is 1. The number of hydrogen-bond acceptors (Lipinski definition) is 3. The largest absolute Gasteiger partial charge is 0.478 e. The predicted molar refractivity (Wildman–Crippen MR) is 59.2 cm³/mol. The van der Waals surface area contributed by atoms with E-state index < -0.39 is 16.0 Å². The lowest BCUT2D eigenvalue weighted by molar-refractivity contribution is -0.131. The first-order valence-electron chi connectivity index (χ1n) is 4.35. The summed E-state index contributed by atoms with van der Waals surface area (Å²) in [6, 6.07) is 4.25. The molecule has 16 heavy (non-hydrogen) atoms. The van der Waals surface area contributed by atoms with Crippen LogP contribution in [0, 0.1) is 6.92 Å². The molecule has 6 heteroatoms. The molecule has 0 aliphatic carbocycles.